The Hall–Kier alpha value is -1.88. The summed E-state index contributed by atoms with van der Waals surface area (Å²) in [4.78, 5) is 2.68. The number of allylic oxidation sites excluding steroid dienone is 3. The molecule has 0 radical (unpaired) electrons. The summed E-state index contributed by atoms with van der Waals surface area (Å²) >= 11 is -0.826. The summed E-state index contributed by atoms with van der Waals surface area (Å²) in [6.07, 6.45) is 14.9. The van der Waals surface area contributed by atoms with Crippen LogP contribution in [-0.4, -0.2) is 37.9 Å². The number of aryl methyl sites for hydroxylation is 3. The molecule has 1 saturated carbocycles. The number of anilines is 1. The molecule has 7 heteroatoms. The molecule has 54 heavy (non-hydrogen) atoms. The molecule has 0 spiro atoms. The SMILES string of the molecule is Cc1ccc2c(c1)C1C(C3C=CC=CC3C1[Si](C)(CCCCCCOC(C)(C)C)C1c3ccccc3-c3c1c1cc(C)ccc1n3C)N2C.[CH3-].[CH3-].[Cl][Zr+2][Cl]. The first-order chi connectivity index (χ1) is 24.9. The van der Waals surface area contributed by atoms with Crippen molar-refractivity contribution < 1.29 is 25.6 Å². The van der Waals surface area contributed by atoms with Gasteiger partial charge in [0.15, 0.2) is 0 Å². The number of halogens is 2. The number of fused-ring (bicyclic) bond motifs is 10. The van der Waals surface area contributed by atoms with Gasteiger partial charge in [0.05, 0.1) is 19.4 Å². The van der Waals surface area contributed by atoms with Crippen molar-refractivity contribution in [2.75, 3.05) is 18.6 Å². The third kappa shape index (κ3) is 7.60. The first-order valence-corrected chi connectivity index (χ1v) is 28.6. The van der Waals surface area contributed by atoms with Gasteiger partial charge in [-0.2, -0.15) is 0 Å². The van der Waals surface area contributed by atoms with Gasteiger partial charge in [-0.3, -0.25) is 0 Å². The number of benzene rings is 3. The van der Waals surface area contributed by atoms with E-state index in [1.165, 1.54) is 64.3 Å². The zero-order valence-electron chi connectivity index (χ0n) is 34.3. The van der Waals surface area contributed by atoms with Gasteiger partial charge in [-0.05, 0) is 87.4 Å². The van der Waals surface area contributed by atoms with Crippen LogP contribution in [0.3, 0.4) is 0 Å². The molecular weight excluding hydrogens is 799 g/mol. The third-order valence-electron chi connectivity index (χ3n) is 12.9. The van der Waals surface area contributed by atoms with Crippen molar-refractivity contribution in [1.29, 1.82) is 0 Å². The van der Waals surface area contributed by atoms with Crippen LogP contribution in [0.1, 0.15) is 85.7 Å². The molecule has 4 aliphatic rings. The number of rotatable bonds is 9. The number of hydrogen-bond acceptors (Lipinski definition) is 2. The number of aromatic nitrogens is 1. The first-order valence-electron chi connectivity index (χ1n) is 19.4. The molecule has 0 bridgehead atoms. The first kappa shape index (κ1) is 43.2. The van der Waals surface area contributed by atoms with E-state index in [2.05, 4.69) is 150 Å². The quantitative estimate of drug-likeness (QED) is 0.0948. The van der Waals surface area contributed by atoms with E-state index in [0.29, 0.717) is 34.9 Å². The van der Waals surface area contributed by atoms with E-state index in [0.717, 1.165) is 13.0 Å². The Morgan fingerprint density at radius 3 is 2.19 bits per heavy atom. The molecule has 4 aromatic rings. The standard InChI is InChI=1S/C45H56N2OSi.2CH3.2ClH.Zr/c1-29-21-23-37-35(27-29)39-41(46(37)6)31-17-11-13-19-33(31)43(39)49(8,26-16-10-9-15-25-48-45(3,4)5)44-34-20-14-12-18-32(34)42-40(44)36-28-30(2)22-24-38(36)47(42)7;;;;;/h11-14,17-24,27-28,31,33,39,41,43-44H,9-10,15-16,25-26H2,1-8H3;2*1H3;2*1H;/q;2*-1;;;+4/p-2. The number of nitrogens with zero attached hydrogens (tertiary/aromatic N) is 2. The molecule has 8 rings (SSSR count). The Balaban J connectivity index is 0.00000109. The molecule has 288 valence electrons. The molecule has 7 atom stereocenters. The zero-order valence-corrected chi connectivity index (χ0v) is 39.3. The van der Waals surface area contributed by atoms with E-state index >= 15 is 0 Å². The monoisotopic (exact) mass is 858 g/mol. The fourth-order valence-corrected chi connectivity index (χ4v) is 17.4. The second-order valence-corrected chi connectivity index (χ2v) is 25.7. The van der Waals surface area contributed by atoms with Crippen LogP contribution >= 0.6 is 17.0 Å². The Bertz CT molecular complexity index is 2000. The van der Waals surface area contributed by atoms with Crippen molar-refractivity contribution in [3.63, 3.8) is 0 Å². The van der Waals surface area contributed by atoms with Crippen molar-refractivity contribution in [1.82, 2.24) is 4.57 Å². The maximum absolute atomic E-state index is 6.12. The normalized spacial score (nSPS) is 23.9. The molecule has 3 aromatic carbocycles. The van der Waals surface area contributed by atoms with Gasteiger partial charge in [-0.25, -0.2) is 0 Å². The maximum atomic E-state index is 6.12. The minimum absolute atomic E-state index is 0. The molecule has 7 unspecified atom stereocenters. The van der Waals surface area contributed by atoms with E-state index in [1.54, 1.807) is 16.7 Å². The van der Waals surface area contributed by atoms with Gasteiger partial charge < -0.3 is 29.1 Å². The molecule has 1 aliphatic heterocycles. The second kappa shape index (κ2) is 17.3. The van der Waals surface area contributed by atoms with Crippen molar-refractivity contribution in [2.45, 2.75) is 102 Å². The summed E-state index contributed by atoms with van der Waals surface area (Å²) < 4.78 is 8.64. The molecule has 1 fully saturated rings. The van der Waals surface area contributed by atoms with Crippen LogP contribution in [0.2, 0.25) is 18.1 Å². The summed E-state index contributed by atoms with van der Waals surface area (Å²) in [5.41, 5.74) is 14.5. The van der Waals surface area contributed by atoms with E-state index < -0.39 is 28.9 Å². The molecule has 0 saturated heterocycles. The molecule has 0 amide bonds. The Morgan fingerprint density at radius 1 is 0.815 bits per heavy atom. The molecule has 1 aromatic heterocycles. The Morgan fingerprint density at radius 2 is 1.46 bits per heavy atom. The summed E-state index contributed by atoms with van der Waals surface area (Å²) in [5.74, 6) is 1.66. The van der Waals surface area contributed by atoms with Crippen LogP contribution in [0, 0.1) is 40.5 Å². The summed E-state index contributed by atoms with van der Waals surface area (Å²) in [6, 6.07) is 25.9. The van der Waals surface area contributed by atoms with Crippen molar-refractivity contribution >= 4 is 41.7 Å². The fourth-order valence-electron chi connectivity index (χ4n) is 11.0. The van der Waals surface area contributed by atoms with E-state index in [4.69, 9.17) is 21.8 Å². The van der Waals surface area contributed by atoms with E-state index in [1.807, 2.05) is 0 Å². The molecule has 3 nitrogen and oxygen atoms in total. The van der Waals surface area contributed by atoms with E-state index in [-0.39, 0.29) is 20.5 Å². The number of ether oxygens (including phenoxy) is 1. The van der Waals surface area contributed by atoms with Gasteiger partial charge in [0.1, 0.15) is 0 Å². The number of hydrogen-bond donors (Lipinski definition) is 0. The van der Waals surface area contributed by atoms with Crippen LogP contribution in [0.25, 0.3) is 22.2 Å². The predicted octanol–water partition coefficient (Wildman–Crippen LogP) is 13.5. The summed E-state index contributed by atoms with van der Waals surface area (Å²) in [7, 11) is 12.4. The van der Waals surface area contributed by atoms with Crippen LogP contribution < -0.4 is 4.90 Å². The number of unbranched alkanes of at least 4 members (excludes halogenated alkanes) is 3. The zero-order chi connectivity index (χ0) is 36.9. The van der Waals surface area contributed by atoms with E-state index in [9.17, 15) is 0 Å². The summed E-state index contributed by atoms with van der Waals surface area (Å²) in [5, 5.41) is 1.49. The minimum atomic E-state index is -2.17. The fraction of sp³-hybridized carbons (Fsp3) is 0.447. The average Bonchev–Trinajstić information content (AvgIpc) is 3.80. The Kier molecular flexibility index (Phi) is 13.9. The third-order valence-corrected chi connectivity index (χ3v) is 18.5. The van der Waals surface area contributed by atoms with Crippen LogP contribution in [0.5, 0.6) is 0 Å². The van der Waals surface area contributed by atoms with Gasteiger partial charge in [-0.1, -0.05) is 110 Å². The van der Waals surface area contributed by atoms with Gasteiger partial charge in [-0.15, -0.1) is 0 Å². The van der Waals surface area contributed by atoms with Crippen molar-refractivity contribution in [3.8, 4) is 11.3 Å². The van der Waals surface area contributed by atoms with Crippen LogP contribution in [-0.2, 0) is 32.6 Å². The Labute approximate surface area is 347 Å². The predicted molar refractivity (Wildman–Crippen MR) is 235 cm³/mol. The van der Waals surface area contributed by atoms with Crippen LogP contribution in [0.15, 0.2) is 85.0 Å². The van der Waals surface area contributed by atoms with Gasteiger partial charge in [0.25, 0.3) is 0 Å². The number of likely N-dealkylation sites (N-methyl/N-ethyl adjacent to an activating group) is 1. The summed E-state index contributed by atoms with van der Waals surface area (Å²) in [6.45, 7) is 14.8. The molecule has 3 aliphatic carbocycles. The van der Waals surface area contributed by atoms with Gasteiger partial charge >= 0.3 is 37.9 Å². The van der Waals surface area contributed by atoms with Gasteiger partial charge in [0, 0.05) is 66.3 Å². The molecule has 2 heterocycles. The second-order valence-electron chi connectivity index (χ2n) is 17.2. The van der Waals surface area contributed by atoms with Crippen LogP contribution in [0.4, 0.5) is 5.69 Å². The van der Waals surface area contributed by atoms with Gasteiger partial charge in [0.2, 0.25) is 0 Å². The van der Waals surface area contributed by atoms with Crippen molar-refractivity contribution in [3.05, 3.63) is 128 Å². The molecular formula is C47H62Cl2N2OSiZr. The van der Waals surface area contributed by atoms with Crippen molar-refractivity contribution in [2.24, 2.45) is 18.9 Å². The topological polar surface area (TPSA) is 17.4 Å². The average molecular weight is 861 g/mol. The molecule has 0 N–H and O–H groups in total.